The second kappa shape index (κ2) is 9.62. The minimum absolute atomic E-state index is 0.0154. The molecule has 0 saturated carbocycles. The van der Waals surface area contributed by atoms with Crippen molar-refractivity contribution in [3.63, 3.8) is 0 Å². The molecule has 0 fully saturated rings. The third-order valence-electron chi connectivity index (χ3n) is 7.14. The first-order chi connectivity index (χ1) is 17.3. The van der Waals surface area contributed by atoms with Gasteiger partial charge < -0.3 is 9.84 Å². The topological polar surface area (TPSA) is 59.4 Å². The van der Waals surface area contributed by atoms with E-state index < -0.39 is 5.97 Å². The first-order valence-electron chi connectivity index (χ1n) is 12.4. The quantitative estimate of drug-likeness (QED) is 0.320. The molecule has 0 spiro atoms. The van der Waals surface area contributed by atoms with Crippen molar-refractivity contribution in [1.82, 2.24) is 4.98 Å². The maximum absolute atomic E-state index is 12.5. The summed E-state index contributed by atoms with van der Waals surface area (Å²) in [6.07, 6.45) is 3.67. The summed E-state index contributed by atoms with van der Waals surface area (Å²) in [5, 5.41) is 11.0. The highest BCUT2D eigenvalue weighted by Gasteiger charge is 2.35. The van der Waals surface area contributed by atoms with Crippen LogP contribution in [0.5, 0.6) is 5.75 Å². The molecule has 4 aromatic rings. The lowest BCUT2D eigenvalue weighted by molar-refractivity contribution is 0.0696. The summed E-state index contributed by atoms with van der Waals surface area (Å²) in [6, 6.07) is 25.7. The van der Waals surface area contributed by atoms with E-state index in [1.807, 2.05) is 66.7 Å². The zero-order chi connectivity index (χ0) is 25.3. The van der Waals surface area contributed by atoms with Crippen molar-refractivity contribution in [2.45, 2.75) is 40.2 Å². The van der Waals surface area contributed by atoms with E-state index in [2.05, 4.69) is 39.0 Å². The fourth-order valence-electron chi connectivity index (χ4n) is 5.03. The average Bonchev–Trinajstić information content (AvgIpc) is 2.86. The third kappa shape index (κ3) is 4.76. The number of hydrogen-bond donors (Lipinski definition) is 1. The number of para-hydroxylation sites is 2. The van der Waals surface area contributed by atoms with Crippen LogP contribution in [-0.4, -0.2) is 16.1 Å². The molecule has 0 bridgehead atoms. The van der Waals surface area contributed by atoms with Crippen LogP contribution in [-0.2, 0) is 13.0 Å². The van der Waals surface area contributed by atoms with Gasteiger partial charge in [-0.2, -0.15) is 0 Å². The smallest absolute Gasteiger partial charge is 0.336 e. The highest BCUT2D eigenvalue weighted by molar-refractivity contribution is 6.06. The van der Waals surface area contributed by atoms with Gasteiger partial charge in [-0.25, -0.2) is 9.78 Å². The van der Waals surface area contributed by atoms with E-state index in [1.165, 1.54) is 0 Å². The predicted octanol–water partition coefficient (Wildman–Crippen LogP) is 7.66. The monoisotopic (exact) mass is 477 g/mol. The summed E-state index contributed by atoms with van der Waals surface area (Å²) in [4.78, 5) is 17.5. The van der Waals surface area contributed by atoms with Crippen molar-refractivity contribution < 1.29 is 14.6 Å². The minimum Gasteiger partial charge on any atom is -0.488 e. The Balaban J connectivity index is 1.64. The van der Waals surface area contributed by atoms with E-state index >= 15 is 0 Å². The standard InChI is InChI=1S/C32H31NO3/c1-32(2,3)24-18-23(17-22-13-7-10-16-28(22)36-20-21-11-5-4-6-12-21)30-26(19-24)29(31(34)35)25-14-8-9-15-27(25)33-30/h4-17,24H,18-20H2,1-3H3,(H,34,35). The number of ether oxygens (including phenoxy) is 1. The van der Waals surface area contributed by atoms with Gasteiger partial charge in [-0.1, -0.05) is 87.5 Å². The van der Waals surface area contributed by atoms with E-state index in [4.69, 9.17) is 9.72 Å². The Hall–Kier alpha value is -3.92. The fourth-order valence-corrected chi connectivity index (χ4v) is 5.03. The van der Waals surface area contributed by atoms with Crippen LogP contribution < -0.4 is 4.74 Å². The molecular weight excluding hydrogens is 446 g/mol. The van der Waals surface area contributed by atoms with Crippen LogP contribution in [0, 0.1) is 11.3 Å². The number of aromatic carboxylic acids is 1. The molecule has 5 rings (SSSR count). The van der Waals surface area contributed by atoms with Gasteiger partial charge >= 0.3 is 5.97 Å². The van der Waals surface area contributed by atoms with Crippen LogP contribution in [0.25, 0.3) is 22.6 Å². The Morgan fingerprint density at radius 2 is 1.67 bits per heavy atom. The van der Waals surface area contributed by atoms with Crippen molar-refractivity contribution in [2.24, 2.45) is 11.3 Å². The van der Waals surface area contributed by atoms with Crippen molar-refractivity contribution in [1.29, 1.82) is 0 Å². The highest BCUT2D eigenvalue weighted by atomic mass is 16.5. The number of pyridine rings is 1. The molecule has 1 unspecified atom stereocenters. The van der Waals surface area contributed by atoms with Crippen molar-refractivity contribution >= 4 is 28.5 Å². The zero-order valence-electron chi connectivity index (χ0n) is 21.0. The number of rotatable bonds is 5. The van der Waals surface area contributed by atoms with Crippen molar-refractivity contribution in [3.05, 3.63) is 107 Å². The van der Waals surface area contributed by atoms with Crippen molar-refractivity contribution in [2.75, 3.05) is 0 Å². The number of carboxylic acid groups (broad SMARTS) is 1. The molecule has 182 valence electrons. The summed E-state index contributed by atoms with van der Waals surface area (Å²) >= 11 is 0. The van der Waals surface area contributed by atoms with Gasteiger partial charge in [-0.15, -0.1) is 0 Å². The van der Waals surface area contributed by atoms with Gasteiger partial charge in [0.05, 0.1) is 16.8 Å². The second-order valence-corrected chi connectivity index (χ2v) is 10.6. The number of hydrogen-bond acceptors (Lipinski definition) is 3. The summed E-state index contributed by atoms with van der Waals surface area (Å²) in [6.45, 7) is 7.17. The second-order valence-electron chi connectivity index (χ2n) is 10.6. The van der Waals surface area contributed by atoms with Gasteiger partial charge in [0.25, 0.3) is 0 Å². The molecule has 1 atom stereocenters. The van der Waals surface area contributed by atoms with E-state index in [0.717, 1.165) is 40.1 Å². The van der Waals surface area contributed by atoms with E-state index in [9.17, 15) is 9.90 Å². The molecule has 1 aliphatic carbocycles. The molecule has 1 aromatic heterocycles. The number of carboxylic acids is 1. The summed E-state index contributed by atoms with van der Waals surface area (Å²) < 4.78 is 6.22. The van der Waals surface area contributed by atoms with Gasteiger partial charge in [0, 0.05) is 10.9 Å². The van der Waals surface area contributed by atoms with E-state index in [0.29, 0.717) is 29.5 Å². The molecule has 0 radical (unpaired) electrons. The number of carbonyl (C=O) groups is 1. The van der Waals surface area contributed by atoms with Crippen LogP contribution >= 0.6 is 0 Å². The highest BCUT2D eigenvalue weighted by Crippen LogP contribution is 2.45. The van der Waals surface area contributed by atoms with Gasteiger partial charge in [0.2, 0.25) is 0 Å². The minimum atomic E-state index is -0.898. The number of nitrogens with zero attached hydrogens (tertiary/aromatic N) is 1. The van der Waals surface area contributed by atoms with Crippen molar-refractivity contribution in [3.8, 4) is 5.75 Å². The van der Waals surface area contributed by atoms with E-state index in [1.54, 1.807) is 0 Å². The lowest BCUT2D eigenvalue weighted by Gasteiger charge is -2.36. The molecule has 3 aromatic carbocycles. The number of benzene rings is 3. The first kappa shape index (κ1) is 23.8. The summed E-state index contributed by atoms with van der Waals surface area (Å²) in [5.41, 5.74) is 5.87. The largest absolute Gasteiger partial charge is 0.488 e. The van der Waals surface area contributed by atoms with Crippen LogP contribution in [0.4, 0.5) is 0 Å². The molecule has 4 nitrogen and oxygen atoms in total. The number of allylic oxidation sites excluding steroid dienone is 1. The Morgan fingerprint density at radius 1 is 0.972 bits per heavy atom. The molecule has 1 aliphatic rings. The van der Waals surface area contributed by atoms with E-state index in [-0.39, 0.29) is 11.3 Å². The summed E-state index contributed by atoms with van der Waals surface area (Å²) in [7, 11) is 0. The first-order valence-corrected chi connectivity index (χ1v) is 12.4. The lowest BCUT2D eigenvalue weighted by Crippen LogP contribution is -2.28. The Bertz CT molecular complexity index is 1450. The molecule has 0 amide bonds. The van der Waals surface area contributed by atoms with Crippen LogP contribution in [0.3, 0.4) is 0 Å². The van der Waals surface area contributed by atoms with Crippen LogP contribution in [0.1, 0.15) is 59.9 Å². The van der Waals surface area contributed by atoms with Gasteiger partial charge in [0.15, 0.2) is 0 Å². The zero-order valence-corrected chi connectivity index (χ0v) is 21.0. The molecular formula is C32H31NO3. The molecule has 0 saturated heterocycles. The van der Waals surface area contributed by atoms with Gasteiger partial charge in [-0.3, -0.25) is 0 Å². The lowest BCUT2D eigenvalue weighted by atomic mass is 9.69. The van der Waals surface area contributed by atoms with Crippen LogP contribution in [0.15, 0.2) is 78.9 Å². The van der Waals surface area contributed by atoms with Crippen LogP contribution in [0.2, 0.25) is 0 Å². The molecule has 1 N–H and O–H groups in total. The fraction of sp³-hybridized carbons (Fsp3) is 0.250. The number of aromatic nitrogens is 1. The Kier molecular flexibility index (Phi) is 6.36. The summed E-state index contributed by atoms with van der Waals surface area (Å²) in [5.74, 6) is 0.188. The Labute approximate surface area is 212 Å². The molecule has 4 heteroatoms. The maximum atomic E-state index is 12.5. The third-order valence-corrected chi connectivity index (χ3v) is 7.14. The Morgan fingerprint density at radius 3 is 2.42 bits per heavy atom. The molecule has 1 heterocycles. The van der Waals surface area contributed by atoms with Gasteiger partial charge in [0.1, 0.15) is 12.4 Å². The predicted molar refractivity (Wildman–Crippen MR) is 145 cm³/mol. The SMILES string of the molecule is CC(C)(C)C1CC(=Cc2ccccc2OCc2ccccc2)c2nc3ccccc3c(C(=O)O)c2C1. The maximum Gasteiger partial charge on any atom is 0.336 e. The number of fused-ring (bicyclic) bond motifs is 2. The molecule has 0 aliphatic heterocycles. The normalized spacial score (nSPS) is 16.6. The average molecular weight is 478 g/mol. The van der Waals surface area contributed by atoms with Gasteiger partial charge in [-0.05, 0) is 59.1 Å². The molecule has 36 heavy (non-hydrogen) atoms.